The number of rotatable bonds is 5. The van der Waals surface area contributed by atoms with E-state index in [0.29, 0.717) is 0 Å². The van der Waals surface area contributed by atoms with Gasteiger partial charge in [0.2, 0.25) is 0 Å². The molecule has 1 unspecified atom stereocenters. The maximum absolute atomic E-state index is 12.0. The van der Waals surface area contributed by atoms with E-state index in [1.165, 1.54) is 12.7 Å². The van der Waals surface area contributed by atoms with Gasteiger partial charge in [0.25, 0.3) is 0 Å². The highest BCUT2D eigenvalue weighted by Crippen LogP contribution is 2.19. The highest BCUT2D eigenvalue weighted by atomic mass is 16.5. The van der Waals surface area contributed by atoms with Gasteiger partial charge in [-0.3, -0.25) is 5.01 Å². The van der Waals surface area contributed by atoms with Crippen LogP contribution in [0.4, 0.5) is 5.69 Å². The minimum atomic E-state index is -0.511. The zero-order valence-electron chi connectivity index (χ0n) is 14.0. The second kappa shape index (κ2) is 7.58. The van der Waals surface area contributed by atoms with Crippen molar-refractivity contribution in [2.45, 2.75) is 26.8 Å². The van der Waals surface area contributed by atoms with E-state index in [2.05, 4.69) is 5.10 Å². The molecule has 2 aromatic carbocycles. The van der Waals surface area contributed by atoms with Crippen LogP contribution in [0.2, 0.25) is 0 Å². The van der Waals surface area contributed by atoms with Crippen LogP contribution >= 0.6 is 0 Å². The highest BCUT2D eigenvalue weighted by molar-refractivity contribution is 5.99. The lowest BCUT2D eigenvalue weighted by Gasteiger charge is -2.25. The fourth-order valence-corrected chi connectivity index (χ4v) is 2.23. The average Bonchev–Trinajstić information content (AvgIpc) is 2.59. The zero-order valence-corrected chi connectivity index (χ0v) is 14.0. The number of carbonyl (C=O) groups is 1. The quantitative estimate of drug-likeness (QED) is 0.479. The van der Waals surface area contributed by atoms with Gasteiger partial charge in [0.15, 0.2) is 0 Å². The zero-order chi connectivity index (χ0) is 16.8. The van der Waals surface area contributed by atoms with Gasteiger partial charge < -0.3 is 4.74 Å². The van der Waals surface area contributed by atoms with E-state index in [9.17, 15) is 4.79 Å². The molecule has 0 aliphatic heterocycles. The first-order chi connectivity index (χ1) is 11.0. The van der Waals surface area contributed by atoms with Crippen molar-refractivity contribution >= 4 is 17.4 Å². The minimum absolute atomic E-state index is 0.325. The van der Waals surface area contributed by atoms with Crippen LogP contribution in [0.25, 0.3) is 0 Å². The molecule has 2 rings (SSSR count). The van der Waals surface area contributed by atoms with Crippen LogP contribution in [-0.2, 0) is 9.53 Å². The van der Waals surface area contributed by atoms with Crippen molar-refractivity contribution in [2.24, 2.45) is 5.10 Å². The van der Waals surface area contributed by atoms with E-state index in [1.54, 1.807) is 11.9 Å². The van der Waals surface area contributed by atoms with Gasteiger partial charge in [-0.05, 0) is 38.5 Å². The number of hydrazone groups is 1. The topological polar surface area (TPSA) is 41.9 Å². The SMILES string of the molecule is COC(=O)C(C)N(/N=C(\C)c1ccc(C)cc1)c1ccccc1. The van der Waals surface area contributed by atoms with E-state index < -0.39 is 6.04 Å². The van der Waals surface area contributed by atoms with Crippen molar-refractivity contribution < 1.29 is 9.53 Å². The molecule has 2 aromatic rings. The molecule has 0 aliphatic rings. The van der Waals surface area contributed by atoms with Crippen molar-refractivity contribution in [1.82, 2.24) is 0 Å². The molecular weight excluding hydrogens is 288 g/mol. The number of para-hydroxylation sites is 1. The maximum atomic E-state index is 12.0. The van der Waals surface area contributed by atoms with Crippen LogP contribution in [0.5, 0.6) is 0 Å². The molecule has 0 saturated heterocycles. The molecule has 1 atom stereocenters. The summed E-state index contributed by atoms with van der Waals surface area (Å²) in [4.78, 5) is 12.0. The van der Waals surface area contributed by atoms with Gasteiger partial charge in [-0.1, -0.05) is 48.0 Å². The minimum Gasteiger partial charge on any atom is -0.467 e. The number of ether oxygens (including phenoxy) is 1. The molecule has 0 aromatic heterocycles. The maximum Gasteiger partial charge on any atom is 0.330 e. The molecule has 0 heterocycles. The molecule has 0 bridgehead atoms. The Morgan fingerprint density at radius 2 is 1.70 bits per heavy atom. The van der Waals surface area contributed by atoms with Gasteiger partial charge in [-0.2, -0.15) is 5.10 Å². The first-order valence-corrected chi connectivity index (χ1v) is 7.57. The van der Waals surface area contributed by atoms with Crippen molar-refractivity contribution in [3.63, 3.8) is 0 Å². The Hall–Kier alpha value is -2.62. The first kappa shape index (κ1) is 16.7. The third kappa shape index (κ3) is 4.19. The molecule has 120 valence electrons. The Labute approximate surface area is 137 Å². The molecule has 0 N–H and O–H groups in total. The molecule has 4 nitrogen and oxygen atoms in total. The Bertz CT molecular complexity index is 678. The standard InChI is InChI=1S/C19H22N2O2/c1-14-10-12-17(13-11-14)15(2)20-21(16(3)19(22)23-4)18-8-6-5-7-9-18/h5-13,16H,1-4H3/b20-15+. The van der Waals surface area contributed by atoms with E-state index in [-0.39, 0.29) is 5.97 Å². The normalized spacial score (nSPS) is 12.6. The fourth-order valence-electron chi connectivity index (χ4n) is 2.23. The predicted molar refractivity (Wildman–Crippen MR) is 93.8 cm³/mol. The van der Waals surface area contributed by atoms with Crippen LogP contribution in [-0.4, -0.2) is 24.8 Å². The van der Waals surface area contributed by atoms with Crippen LogP contribution in [0.3, 0.4) is 0 Å². The summed E-state index contributed by atoms with van der Waals surface area (Å²) in [5.41, 5.74) is 3.90. The Kier molecular flexibility index (Phi) is 5.52. The van der Waals surface area contributed by atoms with Gasteiger partial charge in [0.1, 0.15) is 6.04 Å². The van der Waals surface area contributed by atoms with Crippen LogP contribution in [0.1, 0.15) is 25.0 Å². The number of hydrogen-bond donors (Lipinski definition) is 0. The molecule has 0 amide bonds. The molecule has 0 saturated carbocycles. The number of esters is 1. The second-order valence-corrected chi connectivity index (χ2v) is 5.43. The average molecular weight is 310 g/mol. The number of anilines is 1. The second-order valence-electron chi connectivity index (χ2n) is 5.43. The molecule has 0 spiro atoms. The third-order valence-electron chi connectivity index (χ3n) is 3.66. The summed E-state index contributed by atoms with van der Waals surface area (Å²) >= 11 is 0. The van der Waals surface area contributed by atoms with Gasteiger partial charge in [-0.25, -0.2) is 4.79 Å². The molecule has 0 radical (unpaired) electrons. The molecule has 0 fully saturated rings. The van der Waals surface area contributed by atoms with Gasteiger partial charge in [0.05, 0.1) is 18.5 Å². The largest absolute Gasteiger partial charge is 0.467 e. The number of methoxy groups -OCH3 is 1. The summed E-state index contributed by atoms with van der Waals surface area (Å²) < 4.78 is 4.87. The summed E-state index contributed by atoms with van der Waals surface area (Å²) in [7, 11) is 1.39. The number of aryl methyl sites for hydroxylation is 1. The summed E-state index contributed by atoms with van der Waals surface area (Å²) in [6.07, 6.45) is 0. The highest BCUT2D eigenvalue weighted by Gasteiger charge is 2.22. The predicted octanol–water partition coefficient (Wildman–Crippen LogP) is 3.79. The van der Waals surface area contributed by atoms with Crippen LogP contribution < -0.4 is 5.01 Å². The summed E-state index contributed by atoms with van der Waals surface area (Å²) in [6, 6.07) is 17.3. The van der Waals surface area contributed by atoms with Gasteiger partial charge >= 0.3 is 5.97 Å². The van der Waals surface area contributed by atoms with Gasteiger partial charge in [0, 0.05) is 0 Å². The Morgan fingerprint density at radius 1 is 1.09 bits per heavy atom. The third-order valence-corrected chi connectivity index (χ3v) is 3.66. The number of hydrogen-bond acceptors (Lipinski definition) is 4. The van der Waals surface area contributed by atoms with Crippen LogP contribution in [0.15, 0.2) is 59.7 Å². The van der Waals surface area contributed by atoms with E-state index in [1.807, 2.05) is 68.4 Å². The lowest BCUT2D eigenvalue weighted by atomic mass is 10.1. The summed E-state index contributed by atoms with van der Waals surface area (Å²) in [5.74, 6) is -0.325. The number of nitrogens with zero attached hydrogens (tertiary/aromatic N) is 2. The molecule has 4 heteroatoms. The van der Waals surface area contributed by atoms with Crippen molar-refractivity contribution in [3.05, 3.63) is 65.7 Å². The van der Waals surface area contributed by atoms with Crippen molar-refractivity contribution in [3.8, 4) is 0 Å². The van der Waals surface area contributed by atoms with E-state index >= 15 is 0 Å². The van der Waals surface area contributed by atoms with E-state index in [0.717, 1.165) is 17.0 Å². The lowest BCUT2D eigenvalue weighted by Crippen LogP contribution is -2.36. The lowest BCUT2D eigenvalue weighted by molar-refractivity contribution is -0.141. The monoisotopic (exact) mass is 310 g/mol. The van der Waals surface area contributed by atoms with Crippen molar-refractivity contribution in [1.29, 1.82) is 0 Å². The number of carbonyl (C=O) groups excluding carboxylic acids is 1. The Morgan fingerprint density at radius 3 is 2.26 bits per heavy atom. The van der Waals surface area contributed by atoms with E-state index in [4.69, 9.17) is 4.74 Å². The molecule has 0 aliphatic carbocycles. The van der Waals surface area contributed by atoms with Crippen LogP contribution in [0, 0.1) is 6.92 Å². The number of benzene rings is 2. The van der Waals surface area contributed by atoms with Crippen molar-refractivity contribution in [2.75, 3.05) is 12.1 Å². The summed E-state index contributed by atoms with van der Waals surface area (Å²) in [5, 5.41) is 6.36. The Balaban J connectivity index is 2.39. The molecule has 23 heavy (non-hydrogen) atoms. The van der Waals surface area contributed by atoms with Gasteiger partial charge in [-0.15, -0.1) is 0 Å². The smallest absolute Gasteiger partial charge is 0.330 e. The first-order valence-electron chi connectivity index (χ1n) is 7.57. The molecular formula is C19H22N2O2. The fraction of sp³-hybridized carbons (Fsp3) is 0.263. The summed E-state index contributed by atoms with van der Waals surface area (Å²) in [6.45, 7) is 5.77.